The van der Waals surface area contributed by atoms with Crippen LogP contribution in [0.2, 0.25) is 0 Å². The van der Waals surface area contributed by atoms with E-state index in [2.05, 4.69) is 137 Å². The van der Waals surface area contributed by atoms with Gasteiger partial charge in [-0.25, -0.2) is 0 Å². The van der Waals surface area contributed by atoms with Crippen LogP contribution in [-0.2, 0) is 0 Å². The van der Waals surface area contributed by atoms with Crippen molar-refractivity contribution in [1.82, 2.24) is 14.8 Å². The second-order valence-corrected chi connectivity index (χ2v) is 12.2. The van der Waals surface area contributed by atoms with Crippen molar-refractivity contribution in [2.45, 2.75) is 12.2 Å². The predicted molar refractivity (Wildman–Crippen MR) is 190 cm³/mol. The van der Waals surface area contributed by atoms with E-state index in [1.807, 2.05) is 36.4 Å². The van der Waals surface area contributed by atoms with E-state index in [0.29, 0.717) is 5.56 Å². The van der Waals surface area contributed by atoms with Crippen molar-refractivity contribution < 1.29 is 4.42 Å². The van der Waals surface area contributed by atoms with Crippen LogP contribution in [0.4, 0.5) is 0 Å². The van der Waals surface area contributed by atoms with E-state index in [0.717, 1.165) is 55.5 Å². The zero-order chi connectivity index (χ0) is 31.5. The van der Waals surface area contributed by atoms with Crippen molar-refractivity contribution in [3.8, 4) is 11.8 Å². The van der Waals surface area contributed by atoms with Crippen molar-refractivity contribution >= 4 is 49.4 Å². The number of rotatable bonds is 4. The number of aromatic nitrogens is 1. The average molecular weight is 607 g/mol. The average Bonchev–Trinajstić information content (AvgIpc) is 3.68. The molecule has 224 valence electrons. The van der Waals surface area contributed by atoms with Gasteiger partial charge in [-0.2, -0.15) is 5.26 Å². The first-order valence-electron chi connectivity index (χ1n) is 15.9. The molecule has 9 rings (SSSR count). The van der Waals surface area contributed by atoms with Crippen LogP contribution >= 0.6 is 0 Å². The third kappa shape index (κ3) is 4.34. The lowest BCUT2D eigenvalue weighted by Crippen LogP contribution is -2.40. The number of hydrogen-bond acceptors (Lipinski definition) is 4. The Balaban J connectivity index is 1.18. The second-order valence-electron chi connectivity index (χ2n) is 12.2. The number of para-hydroxylation sites is 2. The summed E-state index contributed by atoms with van der Waals surface area (Å²) in [4.78, 5) is 2.27. The van der Waals surface area contributed by atoms with Gasteiger partial charge in [-0.05, 0) is 65.2 Å². The Morgan fingerprint density at radius 2 is 1.43 bits per heavy atom. The minimum absolute atomic E-state index is 0.00322. The molecule has 2 atom stereocenters. The predicted octanol–water partition coefficient (Wildman–Crippen LogP) is 9.87. The summed E-state index contributed by atoms with van der Waals surface area (Å²) in [7, 11) is 2.11. The molecular formula is C42H30N4O. The highest BCUT2D eigenvalue weighted by molar-refractivity contribution is 6.21. The van der Waals surface area contributed by atoms with Gasteiger partial charge < -0.3 is 13.9 Å². The quantitative estimate of drug-likeness (QED) is 0.217. The fourth-order valence-corrected chi connectivity index (χ4v) is 7.27. The maximum atomic E-state index is 9.61. The molecule has 0 fully saturated rings. The Bertz CT molecular complexity index is 2530. The summed E-state index contributed by atoms with van der Waals surface area (Å²) in [5.41, 5.74) is 10.2. The van der Waals surface area contributed by atoms with Gasteiger partial charge in [0.25, 0.3) is 0 Å². The number of furan rings is 1. The number of nitrogens with one attached hydrogen (secondary N) is 1. The van der Waals surface area contributed by atoms with E-state index in [4.69, 9.17) is 4.42 Å². The van der Waals surface area contributed by atoms with E-state index < -0.39 is 0 Å². The fraction of sp³-hybridized carbons (Fsp3) is 0.0714. The molecule has 0 radical (unpaired) electrons. The molecule has 6 aromatic carbocycles. The molecular weight excluding hydrogens is 576 g/mol. The lowest BCUT2D eigenvalue weighted by Gasteiger charge is -2.40. The van der Waals surface area contributed by atoms with Gasteiger partial charge in [0.05, 0.1) is 28.7 Å². The maximum Gasteiger partial charge on any atom is 0.160 e. The molecule has 1 N–H and O–H groups in total. The third-order valence-corrected chi connectivity index (χ3v) is 9.52. The summed E-state index contributed by atoms with van der Waals surface area (Å²) in [5.74, 6) is 0. The molecule has 0 amide bonds. The minimum atomic E-state index is -0.0970. The Labute approximate surface area is 272 Å². The van der Waals surface area contributed by atoms with Crippen molar-refractivity contribution in [1.29, 1.82) is 5.26 Å². The number of fused-ring (bicyclic) bond motifs is 7. The highest BCUT2D eigenvalue weighted by Gasteiger charge is 2.29. The van der Waals surface area contributed by atoms with Gasteiger partial charge in [0.2, 0.25) is 0 Å². The normalized spacial score (nSPS) is 16.6. The Morgan fingerprint density at radius 1 is 0.681 bits per heavy atom. The highest BCUT2D eigenvalue weighted by atomic mass is 16.3. The topological polar surface area (TPSA) is 57.1 Å². The lowest BCUT2D eigenvalue weighted by molar-refractivity contribution is 0.263. The van der Waals surface area contributed by atoms with Gasteiger partial charge in [0.1, 0.15) is 11.7 Å². The molecule has 2 aromatic heterocycles. The molecule has 2 unspecified atom stereocenters. The van der Waals surface area contributed by atoms with Crippen LogP contribution < -0.4 is 5.32 Å². The van der Waals surface area contributed by atoms with Gasteiger partial charge in [-0.1, -0.05) is 97.1 Å². The first-order valence-corrected chi connectivity index (χ1v) is 15.9. The highest BCUT2D eigenvalue weighted by Crippen LogP contribution is 2.41. The first kappa shape index (κ1) is 27.2. The van der Waals surface area contributed by atoms with E-state index in [1.54, 1.807) is 0 Å². The Morgan fingerprint density at radius 3 is 2.26 bits per heavy atom. The number of hydrogen-bond donors (Lipinski definition) is 1. The largest absolute Gasteiger partial charge is 0.454 e. The molecule has 47 heavy (non-hydrogen) atoms. The fourth-order valence-electron chi connectivity index (χ4n) is 7.27. The molecule has 0 aliphatic carbocycles. The van der Waals surface area contributed by atoms with Gasteiger partial charge in [0, 0.05) is 40.0 Å². The van der Waals surface area contributed by atoms with Gasteiger partial charge in [0.15, 0.2) is 5.58 Å². The zero-order valence-electron chi connectivity index (χ0n) is 25.8. The summed E-state index contributed by atoms with van der Waals surface area (Å²) in [6, 6.07) is 50.8. The van der Waals surface area contributed by atoms with Crippen molar-refractivity contribution in [2.75, 3.05) is 7.05 Å². The third-order valence-electron chi connectivity index (χ3n) is 9.52. The van der Waals surface area contributed by atoms with Crippen LogP contribution in [0.5, 0.6) is 0 Å². The minimum Gasteiger partial charge on any atom is -0.454 e. The summed E-state index contributed by atoms with van der Waals surface area (Å²) < 4.78 is 8.89. The molecule has 8 aromatic rings. The monoisotopic (exact) mass is 606 g/mol. The smallest absolute Gasteiger partial charge is 0.160 e. The van der Waals surface area contributed by atoms with Crippen molar-refractivity contribution in [2.24, 2.45) is 0 Å². The molecule has 5 heteroatoms. The zero-order valence-corrected chi connectivity index (χ0v) is 25.8. The molecule has 0 spiro atoms. The Hall–Kier alpha value is -6.09. The van der Waals surface area contributed by atoms with Gasteiger partial charge in [-0.3, -0.25) is 5.32 Å². The molecule has 0 saturated carbocycles. The van der Waals surface area contributed by atoms with Crippen molar-refractivity contribution in [3.63, 3.8) is 0 Å². The van der Waals surface area contributed by atoms with E-state index in [1.165, 1.54) is 16.3 Å². The van der Waals surface area contributed by atoms with Crippen LogP contribution in [0.3, 0.4) is 0 Å². The van der Waals surface area contributed by atoms with Gasteiger partial charge >= 0.3 is 0 Å². The molecule has 1 aliphatic heterocycles. The second kappa shape index (κ2) is 10.8. The Kier molecular flexibility index (Phi) is 6.24. The van der Waals surface area contributed by atoms with Crippen LogP contribution in [0.1, 0.15) is 34.5 Å². The van der Waals surface area contributed by atoms with Crippen LogP contribution in [0.15, 0.2) is 150 Å². The standard InChI is InChI=1S/C42H30N4O/c1-45-38(30-13-9-10-27(24-30)26-43)25-36(28-11-3-2-4-12-28)44-42(45)29-18-20-31(21-19-29)46-37-16-7-5-14-32(37)34-22-23-35-33-15-6-8-17-39(33)47-41(35)40(34)46/h2-25,36,42,44H,1H3. The SMILES string of the molecule is CN1C(c2cccc(C#N)c2)=CC(c2ccccc2)NC1c1ccc(-n2c3ccccc3c3ccc4c5ccccc5oc4c32)cc1. The van der Waals surface area contributed by atoms with Crippen LogP contribution in [0.25, 0.3) is 55.1 Å². The van der Waals surface area contributed by atoms with Crippen LogP contribution in [0, 0.1) is 11.3 Å². The molecule has 5 nitrogen and oxygen atoms in total. The van der Waals surface area contributed by atoms with E-state index >= 15 is 0 Å². The molecule has 0 bridgehead atoms. The van der Waals surface area contributed by atoms with Gasteiger partial charge in [-0.15, -0.1) is 0 Å². The summed E-state index contributed by atoms with van der Waals surface area (Å²) in [6.07, 6.45) is 2.16. The molecule has 1 aliphatic rings. The van der Waals surface area contributed by atoms with Crippen molar-refractivity contribution in [3.05, 3.63) is 168 Å². The molecule has 0 saturated heterocycles. The van der Waals surface area contributed by atoms with E-state index in [-0.39, 0.29) is 12.2 Å². The number of benzene rings is 6. The first-order chi connectivity index (χ1) is 23.2. The molecule has 3 heterocycles. The lowest BCUT2D eigenvalue weighted by atomic mass is 9.96. The maximum absolute atomic E-state index is 9.61. The number of nitrogens with zero attached hydrogens (tertiary/aromatic N) is 3. The summed E-state index contributed by atoms with van der Waals surface area (Å²) >= 11 is 0. The summed E-state index contributed by atoms with van der Waals surface area (Å²) in [5, 5.41) is 18.1. The van der Waals surface area contributed by atoms with Crippen LogP contribution in [-0.4, -0.2) is 16.5 Å². The van der Waals surface area contributed by atoms with E-state index in [9.17, 15) is 5.26 Å². The summed E-state index contributed by atoms with van der Waals surface area (Å²) in [6.45, 7) is 0. The number of nitriles is 1.